The Labute approximate surface area is 126 Å². The summed E-state index contributed by atoms with van der Waals surface area (Å²) in [5.74, 6) is -0.109. The zero-order valence-corrected chi connectivity index (χ0v) is 13.5. The Morgan fingerprint density at radius 2 is 2.05 bits per heavy atom. The third kappa shape index (κ3) is 2.43. The van der Waals surface area contributed by atoms with E-state index in [0.717, 1.165) is 15.9 Å². The molecule has 2 rings (SSSR count). The molecule has 0 saturated heterocycles. The lowest BCUT2D eigenvalue weighted by molar-refractivity contribution is 0.0992. The summed E-state index contributed by atoms with van der Waals surface area (Å²) >= 11 is 3.36. The third-order valence-electron chi connectivity index (χ3n) is 3.38. The van der Waals surface area contributed by atoms with Gasteiger partial charge >= 0.3 is 0 Å². The first-order valence-electron chi connectivity index (χ1n) is 6.16. The van der Waals surface area contributed by atoms with Gasteiger partial charge in [0.2, 0.25) is 0 Å². The lowest BCUT2D eigenvalue weighted by atomic mass is 10.1. The van der Waals surface area contributed by atoms with Crippen molar-refractivity contribution in [2.24, 2.45) is 7.05 Å². The van der Waals surface area contributed by atoms with Crippen LogP contribution in [0.15, 0.2) is 22.7 Å². The van der Waals surface area contributed by atoms with Crippen molar-refractivity contribution in [2.45, 2.75) is 13.8 Å². The van der Waals surface area contributed by atoms with Gasteiger partial charge in [0, 0.05) is 24.3 Å². The minimum atomic E-state index is -0.109. The van der Waals surface area contributed by atoms with E-state index in [0.29, 0.717) is 16.9 Å². The molecule has 0 fully saturated rings. The van der Waals surface area contributed by atoms with E-state index in [2.05, 4.69) is 21.0 Å². The van der Waals surface area contributed by atoms with Gasteiger partial charge in [0.1, 0.15) is 0 Å². The van der Waals surface area contributed by atoms with Gasteiger partial charge in [-0.05, 0) is 32.0 Å². The van der Waals surface area contributed by atoms with Crippen LogP contribution in [0.2, 0.25) is 0 Å². The number of nitrogens with two attached hydrogens (primary N) is 1. The van der Waals surface area contributed by atoms with E-state index in [-0.39, 0.29) is 5.91 Å². The summed E-state index contributed by atoms with van der Waals surface area (Å²) in [6.07, 6.45) is 0. The number of hydrogen-bond donors (Lipinski definition) is 1. The van der Waals surface area contributed by atoms with Crippen LogP contribution in [-0.4, -0.2) is 22.7 Å². The molecule has 0 aliphatic carbocycles. The van der Waals surface area contributed by atoms with Crippen LogP contribution in [0.4, 0.5) is 11.4 Å². The van der Waals surface area contributed by atoms with E-state index >= 15 is 0 Å². The molecule has 1 aromatic heterocycles. The van der Waals surface area contributed by atoms with E-state index in [1.165, 1.54) is 0 Å². The largest absolute Gasteiger partial charge is 0.397 e. The van der Waals surface area contributed by atoms with Gasteiger partial charge in [-0.3, -0.25) is 9.48 Å². The van der Waals surface area contributed by atoms with Gasteiger partial charge in [-0.15, -0.1) is 0 Å². The maximum absolute atomic E-state index is 12.6. The standard InChI is InChI=1S/C14H17BrN4O/c1-8-13(9(2)19(4)17-8)14(20)18(3)12-6-5-10(15)7-11(12)16/h5-7H,16H2,1-4H3. The van der Waals surface area contributed by atoms with Crippen molar-refractivity contribution in [1.82, 2.24) is 9.78 Å². The molecule has 2 N–H and O–H groups in total. The number of anilines is 2. The highest BCUT2D eigenvalue weighted by Gasteiger charge is 2.22. The maximum Gasteiger partial charge on any atom is 0.261 e. The summed E-state index contributed by atoms with van der Waals surface area (Å²) < 4.78 is 2.59. The van der Waals surface area contributed by atoms with E-state index in [1.807, 2.05) is 33.0 Å². The second-order valence-electron chi connectivity index (χ2n) is 4.74. The van der Waals surface area contributed by atoms with Crippen molar-refractivity contribution in [2.75, 3.05) is 17.7 Å². The number of hydrogen-bond acceptors (Lipinski definition) is 3. The normalized spacial score (nSPS) is 10.7. The van der Waals surface area contributed by atoms with Crippen LogP contribution in [0.1, 0.15) is 21.7 Å². The quantitative estimate of drug-likeness (QED) is 0.857. The van der Waals surface area contributed by atoms with Gasteiger partial charge in [0.25, 0.3) is 5.91 Å². The van der Waals surface area contributed by atoms with Crippen molar-refractivity contribution in [1.29, 1.82) is 0 Å². The number of rotatable bonds is 2. The molecule has 2 aromatic rings. The summed E-state index contributed by atoms with van der Waals surface area (Å²) in [5.41, 5.74) is 9.39. The summed E-state index contributed by atoms with van der Waals surface area (Å²) in [7, 11) is 3.54. The maximum atomic E-state index is 12.6. The molecule has 0 aliphatic heterocycles. The summed E-state index contributed by atoms with van der Waals surface area (Å²) in [5, 5.41) is 4.27. The zero-order valence-electron chi connectivity index (χ0n) is 11.9. The third-order valence-corrected chi connectivity index (χ3v) is 3.87. The number of amides is 1. The highest BCUT2D eigenvalue weighted by molar-refractivity contribution is 9.10. The van der Waals surface area contributed by atoms with Gasteiger partial charge in [0.15, 0.2) is 0 Å². The van der Waals surface area contributed by atoms with Crippen molar-refractivity contribution in [3.05, 3.63) is 39.6 Å². The number of nitrogen functional groups attached to an aromatic ring is 1. The molecular formula is C14H17BrN4O. The van der Waals surface area contributed by atoms with E-state index in [1.54, 1.807) is 22.7 Å². The number of aryl methyl sites for hydroxylation is 2. The summed E-state index contributed by atoms with van der Waals surface area (Å²) in [6, 6.07) is 5.46. The Morgan fingerprint density at radius 1 is 1.40 bits per heavy atom. The molecule has 0 spiro atoms. The molecule has 6 heteroatoms. The molecule has 1 amide bonds. The van der Waals surface area contributed by atoms with E-state index < -0.39 is 0 Å². The number of carbonyl (C=O) groups is 1. The predicted octanol–water partition coefficient (Wildman–Crippen LogP) is 2.66. The van der Waals surface area contributed by atoms with E-state index in [4.69, 9.17) is 5.73 Å². The number of nitrogens with zero attached hydrogens (tertiary/aromatic N) is 3. The zero-order chi connectivity index (χ0) is 15.0. The average Bonchev–Trinajstić information content (AvgIpc) is 2.62. The Morgan fingerprint density at radius 3 is 2.55 bits per heavy atom. The van der Waals surface area contributed by atoms with Crippen molar-refractivity contribution < 1.29 is 4.79 Å². The second-order valence-corrected chi connectivity index (χ2v) is 5.65. The Kier molecular flexibility index (Phi) is 3.85. The van der Waals surface area contributed by atoms with Crippen molar-refractivity contribution in [3.63, 3.8) is 0 Å². The Balaban J connectivity index is 2.42. The molecule has 0 radical (unpaired) electrons. The first kappa shape index (κ1) is 14.6. The van der Waals surface area contributed by atoms with Gasteiger partial charge < -0.3 is 10.6 Å². The monoisotopic (exact) mass is 336 g/mol. The summed E-state index contributed by atoms with van der Waals surface area (Å²) in [6.45, 7) is 3.71. The smallest absolute Gasteiger partial charge is 0.261 e. The minimum absolute atomic E-state index is 0.109. The second kappa shape index (κ2) is 5.28. The molecule has 0 saturated carbocycles. The van der Waals surface area contributed by atoms with Crippen LogP contribution in [0.25, 0.3) is 0 Å². The molecule has 0 bridgehead atoms. The molecule has 1 aromatic carbocycles. The van der Waals surface area contributed by atoms with Crippen molar-refractivity contribution in [3.8, 4) is 0 Å². The van der Waals surface area contributed by atoms with Crippen LogP contribution in [0.3, 0.4) is 0 Å². The highest BCUT2D eigenvalue weighted by Crippen LogP contribution is 2.27. The lowest BCUT2D eigenvalue weighted by Crippen LogP contribution is -2.28. The Bertz CT molecular complexity index is 678. The number of benzene rings is 1. The van der Waals surface area contributed by atoms with Gasteiger partial charge in [-0.2, -0.15) is 5.10 Å². The fourth-order valence-corrected chi connectivity index (χ4v) is 2.57. The fourth-order valence-electron chi connectivity index (χ4n) is 2.19. The van der Waals surface area contributed by atoms with Crippen LogP contribution < -0.4 is 10.6 Å². The SMILES string of the molecule is Cc1nn(C)c(C)c1C(=O)N(C)c1ccc(Br)cc1N. The molecule has 5 nitrogen and oxygen atoms in total. The molecule has 0 atom stereocenters. The molecule has 0 unspecified atom stereocenters. The topological polar surface area (TPSA) is 64.2 Å². The molecule has 20 heavy (non-hydrogen) atoms. The first-order chi connectivity index (χ1) is 9.32. The first-order valence-corrected chi connectivity index (χ1v) is 6.95. The lowest BCUT2D eigenvalue weighted by Gasteiger charge is -2.19. The van der Waals surface area contributed by atoms with Crippen LogP contribution >= 0.6 is 15.9 Å². The predicted molar refractivity (Wildman–Crippen MR) is 84.0 cm³/mol. The van der Waals surface area contributed by atoms with Crippen LogP contribution in [0.5, 0.6) is 0 Å². The summed E-state index contributed by atoms with van der Waals surface area (Å²) in [4.78, 5) is 14.2. The molecule has 106 valence electrons. The van der Waals surface area contributed by atoms with E-state index in [9.17, 15) is 4.79 Å². The van der Waals surface area contributed by atoms with Crippen molar-refractivity contribution >= 4 is 33.2 Å². The molecule has 0 aliphatic rings. The van der Waals surface area contributed by atoms with Crippen LogP contribution in [-0.2, 0) is 7.05 Å². The van der Waals surface area contributed by atoms with Gasteiger partial charge in [0.05, 0.1) is 22.6 Å². The molecule has 1 heterocycles. The number of aromatic nitrogens is 2. The number of carbonyl (C=O) groups excluding carboxylic acids is 1. The fraction of sp³-hybridized carbons (Fsp3) is 0.286. The van der Waals surface area contributed by atoms with Gasteiger partial charge in [-0.25, -0.2) is 0 Å². The van der Waals surface area contributed by atoms with Crippen LogP contribution in [0, 0.1) is 13.8 Å². The highest BCUT2D eigenvalue weighted by atomic mass is 79.9. The Hall–Kier alpha value is -1.82. The number of halogens is 1. The minimum Gasteiger partial charge on any atom is -0.397 e. The molecular weight excluding hydrogens is 320 g/mol. The average molecular weight is 337 g/mol. The van der Waals surface area contributed by atoms with Gasteiger partial charge in [-0.1, -0.05) is 15.9 Å².